The molecule has 3 atom stereocenters. The highest BCUT2D eigenvalue weighted by Gasteiger charge is 2.30. The van der Waals surface area contributed by atoms with Gasteiger partial charge in [-0.2, -0.15) is 0 Å². The summed E-state index contributed by atoms with van der Waals surface area (Å²) in [7, 11) is 0. The first kappa shape index (κ1) is 19.5. The van der Waals surface area contributed by atoms with Crippen molar-refractivity contribution in [3.05, 3.63) is 0 Å². The molecule has 0 aromatic heterocycles. The first-order valence-electron chi connectivity index (χ1n) is 9.22. The van der Waals surface area contributed by atoms with Crippen LogP contribution in [0, 0.1) is 11.8 Å². The van der Waals surface area contributed by atoms with Gasteiger partial charge in [0.25, 0.3) is 0 Å². The molecule has 142 valence electrons. The Morgan fingerprint density at radius 2 is 1.80 bits per heavy atom. The van der Waals surface area contributed by atoms with E-state index in [1.165, 1.54) is 0 Å². The van der Waals surface area contributed by atoms with Crippen molar-refractivity contribution in [1.29, 1.82) is 0 Å². The Morgan fingerprint density at radius 3 is 2.40 bits per heavy atom. The number of aliphatic imine (C=N–C) groups is 1. The highest BCUT2D eigenvalue weighted by molar-refractivity contribution is 5.79. The van der Waals surface area contributed by atoms with Crippen molar-refractivity contribution in [3.63, 3.8) is 0 Å². The molecule has 0 radical (unpaired) electrons. The lowest BCUT2D eigenvalue weighted by Gasteiger charge is -2.32. The van der Waals surface area contributed by atoms with Crippen LogP contribution in [0.1, 0.15) is 57.8 Å². The molecule has 0 aromatic rings. The molecular weight excluding hydrogens is 322 g/mol. The highest BCUT2D eigenvalue weighted by atomic mass is 16.4. The standard InChI is InChI=1S/C17H31N5O3/c18-14(16(24)25)8-10-4-6-12(7-5-10)21-15(23)11-2-1-3-13(9-11)22-17(19)20/h10-14H,1-9,18H2,(H,21,23)(H,24,25)(H4,19,20,22). The van der Waals surface area contributed by atoms with E-state index in [1.54, 1.807) is 0 Å². The second-order valence-corrected chi connectivity index (χ2v) is 7.48. The largest absolute Gasteiger partial charge is 0.480 e. The average molecular weight is 353 g/mol. The predicted molar refractivity (Wildman–Crippen MR) is 95.7 cm³/mol. The monoisotopic (exact) mass is 353 g/mol. The number of carbonyl (C=O) groups is 2. The fourth-order valence-corrected chi connectivity index (χ4v) is 4.05. The van der Waals surface area contributed by atoms with Crippen LogP contribution in [0.25, 0.3) is 0 Å². The summed E-state index contributed by atoms with van der Waals surface area (Å²) < 4.78 is 0. The lowest BCUT2D eigenvalue weighted by molar-refractivity contribution is -0.139. The Balaban J connectivity index is 1.75. The normalized spacial score (nSPS) is 30.9. The van der Waals surface area contributed by atoms with Gasteiger partial charge in [0.2, 0.25) is 5.91 Å². The molecule has 25 heavy (non-hydrogen) atoms. The number of carboxylic acid groups (broad SMARTS) is 1. The fourth-order valence-electron chi connectivity index (χ4n) is 4.05. The van der Waals surface area contributed by atoms with Crippen LogP contribution in [-0.2, 0) is 9.59 Å². The molecule has 0 spiro atoms. The summed E-state index contributed by atoms with van der Waals surface area (Å²) >= 11 is 0. The minimum absolute atomic E-state index is 0.0278. The van der Waals surface area contributed by atoms with Gasteiger partial charge in [-0.3, -0.25) is 14.6 Å². The second-order valence-electron chi connectivity index (χ2n) is 7.48. The van der Waals surface area contributed by atoms with Crippen LogP contribution in [0.5, 0.6) is 0 Å². The van der Waals surface area contributed by atoms with Gasteiger partial charge < -0.3 is 27.6 Å². The maximum absolute atomic E-state index is 12.5. The third kappa shape index (κ3) is 6.19. The van der Waals surface area contributed by atoms with Gasteiger partial charge in [-0.15, -0.1) is 0 Å². The molecule has 2 saturated carbocycles. The minimum Gasteiger partial charge on any atom is -0.480 e. The maximum atomic E-state index is 12.5. The molecule has 2 aliphatic rings. The SMILES string of the molecule is NC(N)=NC1CCCC(C(=O)NC2CCC(CC(N)C(=O)O)CC2)C1. The molecule has 8 nitrogen and oxygen atoms in total. The zero-order valence-electron chi connectivity index (χ0n) is 14.7. The van der Waals surface area contributed by atoms with Gasteiger partial charge in [0.15, 0.2) is 5.96 Å². The van der Waals surface area contributed by atoms with E-state index in [2.05, 4.69) is 10.3 Å². The summed E-state index contributed by atoms with van der Waals surface area (Å²) in [5, 5.41) is 12.1. The zero-order chi connectivity index (χ0) is 18.4. The number of nitrogens with one attached hydrogen (secondary N) is 1. The van der Waals surface area contributed by atoms with Gasteiger partial charge in [-0.25, -0.2) is 0 Å². The number of rotatable bonds is 6. The molecule has 2 rings (SSSR count). The van der Waals surface area contributed by atoms with E-state index >= 15 is 0 Å². The van der Waals surface area contributed by atoms with Crippen molar-refractivity contribution in [2.75, 3.05) is 0 Å². The van der Waals surface area contributed by atoms with Crippen LogP contribution in [0.3, 0.4) is 0 Å². The van der Waals surface area contributed by atoms with Gasteiger partial charge >= 0.3 is 5.97 Å². The topological polar surface area (TPSA) is 157 Å². The molecule has 0 aromatic carbocycles. The van der Waals surface area contributed by atoms with E-state index in [0.29, 0.717) is 18.8 Å². The van der Waals surface area contributed by atoms with E-state index in [-0.39, 0.29) is 29.9 Å². The summed E-state index contributed by atoms with van der Waals surface area (Å²) in [4.78, 5) is 27.6. The lowest BCUT2D eigenvalue weighted by Crippen LogP contribution is -2.43. The smallest absolute Gasteiger partial charge is 0.320 e. The number of carboxylic acids is 1. The van der Waals surface area contributed by atoms with E-state index in [4.69, 9.17) is 22.3 Å². The Morgan fingerprint density at radius 1 is 1.12 bits per heavy atom. The van der Waals surface area contributed by atoms with E-state index < -0.39 is 12.0 Å². The molecular formula is C17H31N5O3. The first-order chi connectivity index (χ1) is 11.8. The lowest BCUT2D eigenvalue weighted by atomic mass is 9.81. The Kier molecular flexibility index (Phi) is 7.04. The van der Waals surface area contributed by atoms with E-state index in [0.717, 1.165) is 44.9 Å². The number of aliphatic carboxylic acids is 1. The Labute approximate surface area is 148 Å². The van der Waals surface area contributed by atoms with Crippen LogP contribution in [-0.4, -0.2) is 41.1 Å². The van der Waals surface area contributed by atoms with Crippen LogP contribution in [0.4, 0.5) is 0 Å². The molecule has 1 amide bonds. The molecule has 0 heterocycles. The van der Waals surface area contributed by atoms with Crippen molar-refractivity contribution < 1.29 is 14.7 Å². The molecule has 0 saturated heterocycles. The van der Waals surface area contributed by atoms with Gasteiger partial charge in [-0.1, -0.05) is 6.42 Å². The van der Waals surface area contributed by atoms with Crippen molar-refractivity contribution >= 4 is 17.8 Å². The van der Waals surface area contributed by atoms with E-state index in [9.17, 15) is 9.59 Å². The first-order valence-corrected chi connectivity index (χ1v) is 9.22. The van der Waals surface area contributed by atoms with Crippen molar-refractivity contribution in [1.82, 2.24) is 5.32 Å². The number of guanidine groups is 1. The molecule has 0 aliphatic heterocycles. The number of hydrogen-bond acceptors (Lipinski definition) is 4. The van der Waals surface area contributed by atoms with Gasteiger partial charge in [0.05, 0.1) is 6.04 Å². The Bertz CT molecular complexity index is 499. The third-order valence-electron chi connectivity index (χ3n) is 5.45. The van der Waals surface area contributed by atoms with Crippen LogP contribution in [0.2, 0.25) is 0 Å². The maximum Gasteiger partial charge on any atom is 0.320 e. The predicted octanol–water partition coefficient (Wildman–Crippen LogP) is 0.296. The van der Waals surface area contributed by atoms with Gasteiger partial charge in [-0.05, 0) is 57.3 Å². The van der Waals surface area contributed by atoms with Crippen molar-refractivity contribution in [2.24, 2.45) is 34.0 Å². The quantitative estimate of drug-likeness (QED) is 0.341. The van der Waals surface area contributed by atoms with E-state index in [1.807, 2.05) is 0 Å². The summed E-state index contributed by atoms with van der Waals surface area (Å²) in [6.07, 6.45) is 7.56. The summed E-state index contributed by atoms with van der Waals surface area (Å²) in [6.45, 7) is 0. The third-order valence-corrected chi connectivity index (χ3v) is 5.45. The molecule has 0 bridgehead atoms. The molecule has 8 heteroatoms. The summed E-state index contributed by atoms with van der Waals surface area (Å²) in [6, 6.07) is -0.568. The molecule has 2 fully saturated rings. The van der Waals surface area contributed by atoms with Crippen molar-refractivity contribution in [2.45, 2.75) is 75.9 Å². The summed E-state index contributed by atoms with van der Waals surface area (Å²) in [5.41, 5.74) is 16.5. The highest BCUT2D eigenvalue weighted by Crippen LogP contribution is 2.30. The Hall–Kier alpha value is -1.83. The number of nitrogens with two attached hydrogens (primary N) is 3. The van der Waals surface area contributed by atoms with Crippen LogP contribution < -0.4 is 22.5 Å². The molecule has 2 aliphatic carbocycles. The molecule has 3 unspecified atom stereocenters. The number of nitrogens with zero attached hydrogens (tertiary/aromatic N) is 1. The van der Waals surface area contributed by atoms with Crippen LogP contribution >= 0.6 is 0 Å². The fraction of sp³-hybridized carbons (Fsp3) is 0.824. The zero-order valence-corrected chi connectivity index (χ0v) is 14.7. The number of amides is 1. The average Bonchev–Trinajstić information content (AvgIpc) is 2.56. The summed E-state index contributed by atoms with van der Waals surface area (Å²) in [5.74, 6) is -0.451. The van der Waals surface area contributed by atoms with Crippen LogP contribution in [0.15, 0.2) is 4.99 Å². The number of hydrogen-bond donors (Lipinski definition) is 5. The van der Waals surface area contributed by atoms with Gasteiger partial charge in [0.1, 0.15) is 6.04 Å². The number of carbonyl (C=O) groups excluding carboxylic acids is 1. The minimum atomic E-state index is -0.942. The van der Waals surface area contributed by atoms with Crippen molar-refractivity contribution in [3.8, 4) is 0 Å². The second kappa shape index (κ2) is 9.03. The molecule has 8 N–H and O–H groups in total. The van der Waals surface area contributed by atoms with Gasteiger partial charge in [0, 0.05) is 12.0 Å².